The lowest BCUT2D eigenvalue weighted by atomic mass is 9.80. The molecule has 1 heteroatoms. The van der Waals surface area contributed by atoms with Crippen LogP contribution in [0.5, 0.6) is 0 Å². The maximum atomic E-state index is 2.55. The van der Waals surface area contributed by atoms with Gasteiger partial charge in [-0.15, -0.1) is 0 Å². The van der Waals surface area contributed by atoms with Gasteiger partial charge in [-0.25, -0.2) is 0 Å². The summed E-state index contributed by atoms with van der Waals surface area (Å²) < 4.78 is 2.55. The summed E-state index contributed by atoms with van der Waals surface area (Å²) in [6.07, 6.45) is 0. The highest BCUT2D eigenvalue weighted by Crippen LogP contribution is 2.55. The minimum Gasteiger partial charge on any atom is -0.308 e. The van der Waals surface area contributed by atoms with Crippen LogP contribution in [0.1, 0.15) is 25.0 Å². The largest absolute Gasteiger partial charge is 0.308 e. The van der Waals surface area contributed by atoms with Gasteiger partial charge in [-0.2, -0.15) is 0 Å². The SMILES string of the molecule is CC1(C)c2ccccc2-c2cc3c4cc5ccccc5cc4n4c5cc6ccccc6cc5c(c21)c34. The molecule has 2 aromatic heterocycles. The molecule has 0 spiro atoms. The van der Waals surface area contributed by atoms with Crippen LogP contribution in [0.25, 0.3) is 70.8 Å². The average Bonchev–Trinajstić information content (AvgIpc) is 3.48. The van der Waals surface area contributed by atoms with Gasteiger partial charge in [0.25, 0.3) is 0 Å². The standard InChI is InChI=1S/C35H23N/c1-35(2)29-14-8-7-13-24(29)26-19-27-25-15-20-9-3-5-11-22(20)17-30(25)36-31-18-23-12-6-4-10-21(23)16-28(31)32(33(26)35)34(27)36/h3-19H,1-2H3. The molecule has 168 valence electrons. The van der Waals surface area contributed by atoms with Crippen molar-refractivity contribution in [3.8, 4) is 11.1 Å². The van der Waals surface area contributed by atoms with E-state index < -0.39 is 0 Å². The highest BCUT2D eigenvalue weighted by molar-refractivity contribution is 6.28. The van der Waals surface area contributed by atoms with Gasteiger partial charge in [0.05, 0.1) is 16.6 Å². The van der Waals surface area contributed by atoms with Crippen LogP contribution in [0.4, 0.5) is 0 Å². The molecule has 0 amide bonds. The van der Waals surface area contributed by atoms with E-state index in [-0.39, 0.29) is 5.41 Å². The number of benzene rings is 6. The van der Waals surface area contributed by atoms with Crippen LogP contribution >= 0.6 is 0 Å². The Balaban J connectivity index is 1.63. The van der Waals surface area contributed by atoms with Crippen molar-refractivity contribution in [3.05, 3.63) is 114 Å². The number of rotatable bonds is 0. The number of fused-ring (bicyclic) bond motifs is 12. The third-order valence-electron chi connectivity index (χ3n) is 8.81. The molecule has 1 aliphatic rings. The lowest BCUT2D eigenvalue weighted by Gasteiger charge is -2.22. The Bertz CT molecular complexity index is 2220. The molecule has 6 aromatic carbocycles. The Morgan fingerprint density at radius 2 is 1.08 bits per heavy atom. The maximum absolute atomic E-state index is 2.55. The zero-order chi connectivity index (χ0) is 23.8. The van der Waals surface area contributed by atoms with Crippen molar-refractivity contribution in [2.24, 2.45) is 0 Å². The topological polar surface area (TPSA) is 4.41 Å². The number of aromatic nitrogens is 1. The van der Waals surface area contributed by atoms with E-state index in [9.17, 15) is 0 Å². The lowest BCUT2D eigenvalue weighted by Crippen LogP contribution is -2.15. The van der Waals surface area contributed by atoms with Gasteiger partial charge in [-0.3, -0.25) is 0 Å². The monoisotopic (exact) mass is 457 g/mol. The van der Waals surface area contributed by atoms with Crippen LogP contribution in [0.15, 0.2) is 103 Å². The second-order valence-electron chi connectivity index (χ2n) is 11.0. The summed E-state index contributed by atoms with van der Waals surface area (Å²) in [5.74, 6) is 0. The quantitative estimate of drug-likeness (QED) is 0.214. The van der Waals surface area contributed by atoms with Gasteiger partial charge in [0.1, 0.15) is 0 Å². The molecule has 1 aliphatic carbocycles. The van der Waals surface area contributed by atoms with E-state index in [1.807, 2.05) is 0 Å². The fourth-order valence-corrected chi connectivity index (χ4v) is 7.24. The molecule has 0 radical (unpaired) electrons. The van der Waals surface area contributed by atoms with Crippen molar-refractivity contribution in [2.75, 3.05) is 0 Å². The summed E-state index contributed by atoms with van der Waals surface area (Å²) in [6.45, 7) is 4.81. The highest BCUT2D eigenvalue weighted by Gasteiger charge is 2.39. The number of hydrogen-bond acceptors (Lipinski definition) is 0. The van der Waals surface area contributed by atoms with E-state index in [0.29, 0.717) is 0 Å². The highest BCUT2D eigenvalue weighted by atomic mass is 14.9. The van der Waals surface area contributed by atoms with Crippen molar-refractivity contribution in [1.82, 2.24) is 4.40 Å². The average molecular weight is 458 g/mol. The van der Waals surface area contributed by atoms with Crippen LogP contribution in [0.2, 0.25) is 0 Å². The first-order chi connectivity index (χ1) is 17.6. The van der Waals surface area contributed by atoms with Crippen LogP contribution in [-0.4, -0.2) is 4.40 Å². The summed E-state index contributed by atoms with van der Waals surface area (Å²) in [6, 6.07) is 38.6. The Morgan fingerprint density at radius 1 is 0.528 bits per heavy atom. The molecule has 0 N–H and O–H groups in total. The van der Waals surface area contributed by atoms with E-state index in [1.165, 1.54) is 81.9 Å². The van der Waals surface area contributed by atoms with Crippen molar-refractivity contribution < 1.29 is 0 Å². The number of nitrogens with zero attached hydrogens (tertiary/aromatic N) is 1. The van der Waals surface area contributed by atoms with Gasteiger partial charge in [0.15, 0.2) is 0 Å². The molecule has 1 nitrogen and oxygen atoms in total. The van der Waals surface area contributed by atoms with Crippen LogP contribution in [0.3, 0.4) is 0 Å². The molecule has 0 unspecified atom stereocenters. The zero-order valence-corrected chi connectivity index (χ0v) is 20.3. The first-order valence-electron chi connectivity index (χ1n) is 12.8. The first-order valence-corrected chi connectivity index (χ1v) is 12.8. The van der Waals surface area contributed by atoms with Gasteiger partial charge in [-0.1, -0.05) is 86.6 Å². The first kappa shape index (κ1) is 18.9. The van der Waals surface area contributed by atoms with Crippen molar-refractivity contribution >= 4 is 59.6 Å². The Morgan fingerprint density at radius 3 is 1.78 bits per heavy atom. The molecule has 36 heavy (non-hydrogen) atoms. The van der Waals surface area contributed by atoms with Crippen molar-refractivity contribution in [1.29, 1.82) is 0 Å². The summed E-state index contributed by atoms with van der Waals surface area (Å²) in [5.41, 5.74) is 9.59. The molecule has 0 bridgehead atoms. The van der Waals surface area contributed by atoms with Gasteiger partial charge < -0.3 is 4.40 Å². The molecule has 0 saturated heterocycles. The third-order valence-corrected chi connectivity index (χ3v) is 8.81. The third kappa shape index (κ3) is 2.06. The van der Waals surface area contributed by atoms with Gasteiger partial charge >= 0.3 is 0 Å². The van der Waals surface area contributed by atoms with E-state index >= 15 is 0 Å². The van der Waals surface area contributed by atoms with E-state index in [0.717, 1.165) is 0 Å². The van der Waals surface area contributed by atoms with Crippen LogP contribution < -0.4 is 0 Å². The fraction of sp³-hybridized carbons (Fsp3) is 0.0857. The van der Waals surface area contributed by atoms with E-state index in [4.69, 9.17) is 0 Å². The van der Waals surface area contributed by atoms with Gasteiger partial charge in [-0.05, 0) is 74.1 Å². The lowest BCUT2D eigenvalue weighted by molar-refractivity contribution is 0.667. The van der Waals surface area contributed by atoms with Crippen molar-refractivity contribution in [2.45, 2.75) is 19.3 Å². The molecule has 2 heterocycles. The van der Waals surface area contributed by atoms with Gasteiger partial charge in [0, 0.05) is 27.0 Å². The maximum Gasteiger partial charge on any atom is 0.0624 e. The molecule has 9 rings (SSSR count). The Hall–Kier alpha value is -4.36. The molecule has 8 aromatic rings. The summed E-state index contributed by atoms with van der Waals surface area (Å²) in [4.78, 5) is 0. The van der Waals surface area contributed by atoms with Crippen LogP contribution in [0, 0.1) is 0 Å². The summed E-state index contributed by atoms with van der Waals surface area (Å²) in [5, 5.41) is 10.7. The molecular weight excluding hydrogens is 434 g/mol. The normalized spacial score (nSPS) is 14.6. The summed E-state index contributed by atoms with van der Waals surface area (Å²) in [7, 11) is 0. The zero-order valence-electron chi connectivity index (χ0n) is 20.3. The molecule has 0 fully saturated rings. The molecule has 0 saturated carbocycles. The van der Waals surface area contributed by atoms with Crippen LogP contribution in [-0.2, 0) is 5.41 Å². The van der Waals surface area contributed by atoms with E-state index in [2.05, 4.69) is 121 Å². The molecule has 0 atom stereocenters. The summed E-state index contributed by atoms with van der Waals surface area (Å²) >= 11 is 0. The Kier molecular flexibility index (Phi) is 3.18. The second-order valence-corrected chi connectivity index (χ2v) is 11.0. The smallest absolute Gasteiger partial charge is 0.0624 e. The van der Waals surface area contributed by atoms with E-state index in [1.54, 1.807) is 0 Å². The molecule has 0 aliphatic heterocycles. The van der Waals surface area contributed by atoms with Crippen molar-refractivity contribution in [3.63, 3.8) is 0 Å². The fourth-order valence-electron chi connectivity index (χ4n) is 7.24. The second kappa shape index (κ2) is 6.06. The Labute approximate surface area is 208 Å². The van der Waals surface area contributed by atoms with Gasteiger partial charge in [0.2, 0.25) is 0 Å². The number of hydrogen-bond donors (Lipinski definition) is 0. The minimum absolute atomic E-state index is 0.0608. The molecular formula is C35H23N. The minimum atomic E-state index is -0.0608. The predicted molar refractivity (Wildman–Crippen MR) is 154 cm³/mol. The predicted octanol–water partition coefficient (Wildman–Crippen LogP) is 9.45.